The van der Waals surface area contributed by atoms with E-state index in [0.717, 1.165) is 18.0 Å². The lowest BCUT2D eigenvalue weighted by Gasteiger charge is -2.07. The number of benzene rings is 1. The Morgan fingerprint density at radius 3 is 2.89 bits per heavy atom. The first-order valence-corrected chi connectivity index (χ1v) is 6.92. The van der Waals surface area contributed by atoms with Gasteiger partial charge in [-0.2, -0.15) is 0 Å². The van der Waals surface area contributed by atoms with Crippen LogP contribution in [0.3, 0.4) is 0 Å². The van der Waals surface area contributed by atoms with E-state index in [9.17, 15) is 0 Å². The van der Waals surface area contributed by atoms with Gasteiger partial charge < -0.3 is 11.1 Å². The van der Waals surface area contributed by atoms with Gasteiger partial charge in [-0.15, -0.1) is 24.0 Å². The van der Waals surface area contributed by atoms with Crippen LogP contribution in [0.5, 0.6) is 0 Å². The molecule has 0 saturated heterocycles. The van der Waals surface area contributed by atoms with Gasteiger partial charge in [0, 0.05) is 5.69 Å². The highest BCUT2D eigenvalue weighted by atomic mass is 127. The Morgan fingerprint density at radius 2 is 2.21 bits per heavy atom. The van der Waals surface area contributed by atoms with Crippen LogP contribution in [-0.2, 0) is 6.42 Å². The van der Waals surface area contributed by atoms with E-state index in [-0.39, 0.29) is 24.0 Å². The molecule has 1 aromatic carbocycles. The molecular formula is C15H24IN3. The number of hydrogen-bond donors (Lipinski definition) is 2. The summed E-state index contributed by atoms with van der Waals surface area (Å²) in [6.07, 6.45) is 4.74. The number of hydrogen-bond acceptors (Lipinski definition) is 1. The topological polar surface area (TPSA) is 50.4 Å². The molecule has 0 aromatic heterocycles. The smallest absolute Gasteiger partial charge is 0.193 e. The molecule has 0 radical (unpaired) electrons. The largest absolute Gasteiger partial charge is 0.370 e. The summed E-state index contributed by atoms with van der Waals surface area (Å²) in [5, 5.41) is 3.18. The summed E-state index contributed by atoms with van der Waals surface area (Å²) < 4.78 is 0. The van der Waals surface area contributed by atoms with Gasteiger partial charge in [0.15, 0.2) is 5.96 Å². The second kappa shape index (κ2) is 7.72. The third-order valence-electron chi connectivity index (χ3n) is 3.46. The summed E-state index contributed by atoms with van der Waals surface area (Å²) in [6, 6.07) is 8.77. The van der Waals surface area contributed by atoms with E-state index in [1.807, 2.05) is 12.1 Å². The second-order valence-corrected chi connectivity index (χ2v) is 5.05. The number of nitrogens with one attached hydrogen (secondary N) is 1. The lowest BCUT2D eigenvalue weighted by molar-refractivity contribution is 0.683. The van der Waals surface area contributed by atoms with Crippen LogP contribution in [0.2, 0.25) is 0 Å². The Hall–Kier alpha value is -0.780. The first kappa shape index (κ1) is 16.3. The number of aliphatic imine (C=N–C) groups is 1. The van der Waals surface area contributed by atoms with Crippen LogP contribution < -0.4 is 11.1 Å². The summed E-state index contributed by atoms with van der Waals surface area (Å²) >= 11 is 0. The monoisotopic (exact) mass is 373 g/mol. The minimum absolute atomic E-state index is 0. The van der Waals surface area contributed by atoms with Crippen molar-refractivity contribution in [1.82, 2.24) is 0 Å². The van der Waals surface area contributed by atoms with E-state index >= 15 is 0 Å². The van der Waals surface area contributed by atoms with Crippen molar-refractivity contribution in [2.75, 3.05) is 5.32 Å². The van der Waals surface area contributed by atoms with Crippen LogP contribution in [0.15, 0.2) is 29.3 Å². The van der Waals surface area contributed by atoms with Crippen molar-refractivity contribution in [2.24, 2.45) is 16.6 Å². The molecule has 106 valence electrons. The van der Waals surface area contributed by atoms with E-state index in [1.165, 1.54) is 24.8 Å². The van der Waals surface area contributed by atoms with E-state index in [4.69, 9.17) is 5.73 Å². The average molecular weight is 373 g/mol. The number of guanidine groups is 1. The molecule has 0 unspecified atom stereocenters. The van der Waals surface area contributed by atoms with Crippen molar-refractivity contribution < 1.29 is 0 Å². The molecule has 0 aliphatic heterocycles. The number of rotatable bonds is 5. The first-order chi connectivity index (χ1) is 8.72. The SMILES string of the molecule is CCC[C@@H]1C[C@H]1N=C(N)Nc1cccc(CC)c1.I. The van der Waals surface area contributed by atoms with Crippen molar-refractivity contribution in [3.63, 3.8) is 0 Å². The van der Waals surface area contributed by atoms with Gasteiger partial charge in [0.2, 0.25) is 0 Å². The fourth-order valence-corrected chi connectivity index (χ4v) is 2.30. The first-order valence-electron chi connectivity index (χ1n) is 6.92. The van der Waals surface area contributed by atoms with Crippen molar-refractivity contribution in [3.8, 4) is 0 Å². The Bertz CT molecular complexity index is 431. The normalized spacial score (nSPS) is 21.7. The van der Waals surface area contributed by atoms with Crippen LogP contribution in [0.1, 0.15) is 38.7 Å². The molecule has 2 atom stereocenters. The van der Waals surface area contributed by atoms with Gasteiger partial charge >= 0.3 is 0 Å². The maximum atomic E-state index is 5.94. The van der Waals surface area contributed by atoms with Crippen LogP contribution in [-0.4, -0.2) is 12.0 Å². The average Bonchev–Trinajstić information content (AvgIpc) is 3.07. The zero-order valence-corrected chi connectivity index (χ0v) is 14.1. The highest BCUT2D eigenvalue weighted by Crippen LogP contribution is 2.37. The molecule has 3 nitrogen and oxygen atoms in total. The van der Waals surface area contributed by atoms with Gasteiger partial charge in [0.25, 0.3) is 0 Å². The second-order valence-electron chi connectivity index (χ2n) is 5.05. The zero-order chi connectivity index (χ0) is 13.0. The number of anilines is 1. The van der Waals surface area contributed by atoms with Crippen molar-refractivity contribution in [1.29, 1.82) is 0 Å². The Labute approximate surface area is 133 Å². The highest BCUT2D eigenvalue weighted by molar-refractivity contribution is 14.0. The fraction of sp³-hybridized carbons (Fsp3) is 0.533. The molecule has 2 rings (SSSR count). The van der Waals surface area contributed by atoms with Crippen LogP contribution in [0, 0.1) is 5.92 Å². The number of nitrogens with zero attached hydrogens (tertiary/aromatic N) is 1. The molecular weight excluding hydrogens is 349 g/mol. The maximum Gasteiger partial charge on any atom is 0.193 e. The van der Waals surface area contributed by atoms with Gasteiger partial charge in [-0.25, -0.2) is 4.99 Å². The molecule has 1 aliphatic carbocycles. The van der Waals surface area contributed by atoms with E-state index < -0.39 is 0 Å². The molecule has 0 spiro atoms. The summed E-state index contributed by atoms with van der Waals surface area (Å²) in [5.41, 5.74) is 8.27. The molecule has 0 amide bonds. The van der Waals surface area contributed by atoms with Crippen molar-refractivity contribution >= 4 is 35.6 Å². The van der Waals surface area contributed by atoms with Crippen LogP contribution in [0.4, 0.5) is 5.69 Å². The summed E-state index contributed by atoms with van der Waals surface area (Å²) in [5.74, 6) is 1.31. The molecule has 1 aromatic rings. The molecule has 4 heteroatoms. The summed E-state index contributed by atoms with van der Waals surface area (Å²) in [4.78, 5) is 4.52. The lowest BCUT2D eigenvalue weighted by Crippen LogP contribution is -2.23. The highest BCUT2D eigenvalue weighted by Gasteiger charge is 2.35. The van der Waals surface area contributed by atoms with Gasteiger partial charge in [0.05, 0.1) is 6.04 Å². The van der Waals surface area contributed by atoms with Gasteiger partial charge in [-0.3, -0.25) is 0 Å². The Balaban J connectivity index is 0.00000180. The number of halogens is 1. The molecule has 0 bridgehead atoms. The zero-order valence-electron chi connectivity index (χ0n) is 11.7. The maximum absolute atomic E-state index is 5.94. The van der Waals surface area contributed by atoms with Gasteiger partial charge in [-0.05, 0) is 42.9 Å². The minimum Gasteiger partial charge on any atom is -0.370 e. The lowest BCUT2D eigenvalue weighted by atomic mass is 10.1. The molecule has 19 heavy (non-hydrogen) atoms. The van der Waals surface area contributed by atoms with Crippen LogP contribution >= 0.6 is 24.0 Å². The van der Waals surface area contributed by atoms with Crippen LogP contribution in [0.25, 0.3) is 0 Å². The Kier molecular flexibility index (Phi) is 6.62. The molecule has 1 fully saturated rings. The molecule has 3 N–H and O–H groups in total. The predicted octanol–water partition coefficient (Wildman–Crippen LogP) is 3.78. The van der Waals surface area contributed by atoms with E-state index in [0.29, 0.717) is 12.0 Å². The molecule has 0 heterocycles. The molecule has 1 aliphatic rings. The number of aryl methyl sites for hydroxylation is 1. The van der Waals surface area contributed by atoms with Crippen molar-refractivity contribution in [2.45, 2.75) is 45.6 Å². The number of nitrogens with two attached hydrogens (primary N) is 1. The summed E-state index contributed by atoms with van der Waals surface area (Å²) in [6.45, 7) is 4.37. The van der Waals surface area contributed by atoms with E-state index in [1.54, 1.807) is 0 Å². The molecule has 1 saturated carbocycles. The quantitative estimate of drug-likeness (QED) is 0.469. The van der Waals surface area contributed by atoms with Gasteiger partial charge in [-0.1, -0.05) is 32.4 Å². The fourth-order valence-electron chi connectivity index (χ4n) is 2.30. The van der Waals surface area contributed by atoms with E-state index in [2.05, 4.69) is 36.3 Å². The summed E-state index contributed by atoms with van der Waals surface area (Å²) in [7, 11) is 0. The third-order valence-corrected chi connectivity index (χ3v) is 3.46. The third kappa shape index (κ3) is 5.01. The predicted molar refractivity (Wildman–Crippen MR) is 93.3 cm³/mol. The Morgan fingerprint density at radius 1 is 1.42 bits per heavy atom. The van der Waals surface area contributed by atoms with Crippen molar-refractivity contribution in [3.05, 3.63) is 29.8 Å². The standard InChI is InChI=1S/C15H23N3.HI/c1-3-6-12-10-14(12)18-15(16)17-13-8-5-7-11(4-2)9-13;/h5,7-9,12,14H,3-4,6,10H2,1-2H3,(H3,16,17,18);1H/t12-,14-;/m1./s1. The van der Waals surface area contributed by atoms with Gasteiger partial charge in [0.1, 0.15) is 0 Å². The minimum atomic E-state index is 0.